The summed E-state index contributed by atoms with van der Waals surface area (Å²) in [6.07, 6.45) is 3.70. The molecule has 1 aliphatic carbocycles. The molecule has 98 valence electrons. The van der Waals surface area contributed by atoms with E-state index in [0.717, 1.165) is 25.7 Å². The number of carbonyl (C=O) groups excluding carboxylic acids is 1. The van der Waals surface area contributed by atoms with Crippen LogP contribution in [0.4, 0.5) is 4.39 Å². The zero-order chi connectivity index (χ0) is 13.0. The fraction of sp³-hybridized carbons (Fsp3) is 0.500. The lowest BCUT2D eigenvalue weighted by Crippen LogP contribution is -2.29. The van der Waals surface area contributed by atoms with E-state index >= 15 is 0 Å². The van der Waals surface area contributed by atoms with Crippen molar-refractivity contribution in [2.75, 3.05) is 7.11 Å². The van der Waals surface area contributed by atoms with Crippen LogP contribution in [0.2, 0.25) is 0 Å². The summed E-state index contributed by atoms with van der Waals surface area (Å²) in [4.78, 5) is 11.8. The van der Waals surface area contributed by atoms with E-state index in [1.807, 2.05) is 0 Å². The lowest BCUT2D eigenvalue weighted by atomic mass is 9.95. The molecule has 3 nitrogen and oxygen atoms in total. The number of benzene rings is 1. The largest absolute Gasteiger partial charge is 0.459 e. The van der Waals surface area contributed by atoms with Crippen LogP contribution in [0.3, 0.4) is 0 Å². The Morgan fingerprint density at radius 3 is 2.56 bits per heavy atom. The Balaban J connectivity index is 1.92. The molecule has 0 bridgehead atoms. The molecule has 0 amide bonds. The van der Waals surface area contributed by atoms with Crippen LogP contribution in [0, 0.1) is 5.82 Å². The molecule has 0 N–H and O–H groups in total. The number of esters is 1. The molecular weight excluding hydrogens is 235 g/mol. The Morgan fingerprint density at radius 2 is 1.89 bits per heavy atom. The standard InChI is InChI=1S/C14H17FO3/c1-17-12-3-2-4-13(9-12)18-14(16)10-5-7-11(15)8-6-10/h5-8,12-13H,2-4,9H2,1H3. The Hall–Kier alpha value is -1.42. The van der Waals surface area contributed by atoms with Gasteiger partial charge in [-0.1, -0.05) is 0 Å². The van der Waals surface area contributed by atoms with Gasteiger partial charge < -0.3 is 9.47 Å². The first kappa shape index (κ1) is 13.0. The summed E-state index contributed by atoms with van der Waals surface area (Å²) < 4.78 is 23.4. The molecule has 18 heavy (non-hydrogen) atoms. The fourth-order valence-electron chi connectivity index (χ4n) is 2.23. The molecule has 2 atom stereocenters. The number of hydrogen-bond acceptors (Lipinski definition) is 3. The number of methoxy groups -OCH3 is 1. The summed E-state index contributed by atoms with van der Waals surface area (Å²) in [5, 5.41) is 0. The second kappa shape index (κ2) is 5.96. The number of halogens is 1. The van der Waals surface area contributed by atoms with Crippen molar-refractivity contribution in [3.63, 3.8) is 0 Å². The molecule has 1 aromatic carbocycles. The minimum atomic E-state index is -0.392. The SMILES string of the molecule is COC1CCCC(OC(=O)c2ccc(F)cc2)C1. The first-order valence-corrected chi connectivity index (χ1v) is 6.18. The van der Waals surface area contributed by atoms with Crippen molar-refractivity contribution in [2.24, 2.45) is 0 Å². The molecule has 4 heteroatoms. The van der Waals surface area contributed by atoms with Crippen molar-refractivity contribution >= 4 is 5.97 Å². The Kier molecular flexibility index (Phi) is 4.31. The highest BCUT2D eigenvalue weighted by Crippen LogP contribution is 2.23. The monoisotopic (exact) mass is 252 g/mol. The van der Waals surface area contributed by atoms with Gasteiger partial charge in [0.1, 0.15) is 11.9 Å². The highest BCUT2D eigenvalue weighted by molar-refractivity contribution is 5.89. The van der Waals surface area contributed by atoms with Crippen LogP contribution in [0.25, 0.3) is 0 Å². The van der Waals surface area contributed by atoms with E-state index in [9.17, 15) is 9.18 Å². The van der Waals surface area contributed by atoms with E-state index in [2.05, 4.69) is 0 Å². The van der Waals surface area contributed by atoms with Crippen LogP contribution in [0.15, 0.2) is 24.3 Å². The maximum atomic E-state index is 12.7. The molecule has 2 rings (SSSR count). The van der Waals surface area contributed by atoms with Crippen LogP contribution in [-0.4, -0.2) is 25.3 Å². The van der Waals surface area contributed by atoms with Gasteiger partial charge in [-0.25, -0.2) is 9.18 Å². The molecule has 1 saturated carbocycles. The third-order valence-electron chi connectivity index (χ3n) is 3.26. The zero-order valence-corrected chi connectivity index (χ0v) is 10.4. The lowest BCUT2D eigenvalue weighted by Gasteiger charge is -2.27. The third-order valence-corrected chi connectivity index (χ3v) is 3.26. The molecule has 0 spiro atoms. The van der Waals surface area contributed by atoms with E-state index in [1.165, 1.54) is 24.3 Å². The molecule has 0 aliphatic heterocycles. The summed E-state index contributed by atoms with van der Waals surface area (Å²) in [5.41, 5.74) is 0.385. The Labute approximate surface area is 106 Å². The minimum absolute atomic E-state index is 0.0961. The van der Waals surface area contributed by atoms with Gasteiger partial charge in [-0.15, -0.1) is 0 Å². The first-order valence-electron chi connectivity index (χ1n) is 6.18. The smallest absolute Gasteiger partial charge is 0.338 e. The molecule has 2 unspecified atom stereocenters. The van der Waals surface area contributed by atoms with E-state index in [-0.39, 0.29) is 18.0 Å². The molecule has 1 fully saturated rings. The number of ether oxygens (including phenoxy) is 2. The van der Waals surface area contributed by atoms with E-state index in [0.29, 0.717) is 5.56 Å². The molecule has 0 heterocycles. The van der Waals surface area contributed by atoms with Gasteiger partial charge in [-0.3, -0.25) is 0 Å². The average Bonchev–Trinajstić information content (AvgIpc) is 2.39. The Bertz CT molecular complexity index is 402. The van der Waals surface area contributed by atoms with Crippen LogP contribution < -0.4 is 0 Å². The van der Waals surface area contributed by atoms with Crippen LogP contribution in [0.5, 0.6) is 0 Å². The van der Waals surface area contributed by atoms with E-state index in [4.69, 9.17) is 9.47 Å². The van der Waals surface area contributed by atoms with Gasteiger partial charge >= 0.3 is 5.97 Å². The number of carbonyl (C=O) groups is 1. The van der Waals surface area contributed by atoms with Crippen molar-refractivity contribution in [3.05, 3.63) is 35.6 Å². The maximum absolute atomic E-state index is 12.7. The third kappa shape index (κ3) is 3.29. The quantitative estimate of drug-likeness (QED) is 0.776. The summed E-state index contributed by atoms with van der Waals surface area (Å²) >= 11 is 0. The molecule has 1 aromatic rings. The van der Waals surface area contributed by atoms with Crippen LogP contribution in [-0.2, 0) is 9.47 Å². The first-order chi connectivity index (χ1) is 8.69. The fourth-order valence-corrected chi connectivity index (χ4v) is 2.23. The maximum Gasteiger partial charge on any atom is 0.338 e. The minimum Gasteiger partial charge on any atom is -0.459 e. The van der Waals surface area contributed by atoms with E-state index in [1.54, 1.807) is 7.11 Å². The highest BCUT2D eigenvalue weighted by atomic mass is 19.1. The van der Waals surface area contributed by atoms with Gasteiger partial charge in [-0.2, -0.15) is 0 Å². The second-order valence-electron chi connectivity index (χ2n) is 4.56. The van der Waals surface area contributed by atoms with Gasteiger partial charge in [0.15, 0.2) is 0 Å². The normalized spacial score (nSPS) is 23.7. The van der Waals surface area contributed by atoms with Gasteiger partial charge in [0.2, 0.25) is 0 Å². The average molecular weight is 252 g/mol. The van der Waals surface area contributed by atoms with Gasteiger partial charge in [0.05, 0.1) is 11.7 Å². The van der Waals surface area contributed by atoms with Gasteiger partial charge in [0.25, 0.3) is 0 Å². The summed E-state index contributed by atoms with van der Waals surface area (Å²) in [6, 6.07) is 5.40. The molecule has 0 radical (unpaired) electrons. The second-order valence-corrected chi connectivity index (χ2v) is 4.56. The summed E-state index contributed by atoms with van der Waals surface area (Å²) in [7, 11) is 1.68. The molecule has 1 aliphatic rings. The van der Waals surface area contributed by atoms with Crippen LogP contribution >= 0.6 is 0 Å². The van der Waals surface area contributed by atoms with Gasteiger partial charge in [-0.05, 0) is 43.5 Å². The lowest BCUT2D eigenvalue weighted by molar-refractivity contribution is -0.0149. The van der Waals surface area contributed by atoms with E-state index < -0.39 is 5.97 Å². The van der Waals surface area contributed by atoms with Crippen molar-refractivity contribution in [1.82, 2.24) is 0 Å². The predicted molar refractivity (Wildman–Crippen MR) is 64.9 cm³/mol. The number of rotatable bonds is 3. The summed E-state index contributed by atoms with van der Waals surface area (Å²) in [5.74, 6) is -0.750. The number of hydrogen-bond donors (Lipinski definition) is 0. The Morgan fingerprint density at radius 1 is 1.22 bits per heavy atom. The zero-order valence-electron chi connectivity index (χ0n) is 10.4. The predicted octanol–water partition coefficient (Wildman–Crippen LogP) is 2.94. The van der Waals surface area contributed by atoms with Crippen molar-refractivity contribution in [3.8, 4) is 0 Å². The van der Waals surface area contributed by atoms with Crippen molar-refractivity contribution in [2.45, 2.75) is 37.9 Å². The van der Waals surface area contributed by atoms with Crippen molar-refractivity contribution < 1.29 is 18.7 Å². The van der Waals surface area contributed by atoms with Crippen molar-refractivity contribution in [1.29, 1.82) is 0 Å². The molecule has 0 saturated heterocycles. The summed E-state index contributed by atoms with van der Waals surface area (Å²) in [6.45, 7) is 0. The highest BCUT2D eigenvalue weighted by Gasteiger charge is 2.25. The topological polar surface area (TPSA) is 35.5 Å². The van der Waals surface area contributed by atoms with Crippen LogP contribution in [0.1, 0.15) is 36.0 Å². The van der Waals surface area contributed by atoms with Gasteiger partial charge in [0, 0.05) is 13.5 Å². The molecular formula is C14H17FO3. The molecule has 0 aromatic heterocycles.